The van der Waals surface area contributed by atoms with Crippen molar-refractivity contribution in [1.29, 1.82) is 0 Å². The number of carbonyl (C=O) groups is 3. The minimum Gasteiger partial charge on any atom is -0.466 e. The zero-order valence-corrected chi connectivity index (χ0v) is 17.5. The first-order valence-corrected chi connectivity index (χ1v) is 10.2. The number of ether oxygens (including phenoxy) is 1. The van der Waals surface area contributed by atoms with Crippen molar-refractivity contribution in [3.63, 3.8) is 0 Å². The maximum Gasteiger partial charge on any atom is 0.407 e. The smallest absolute Gasteiger partial charge is 0.407 e. The van der Waals surface area contributed by atoms with Crippen LogP contribution in [0.2, 0.25) is 0 Å². The molecule has 30 heavy (non-hydrogen) atoms. The standard InChI is InChI=1S/C21H28N4O5/c1-4-30-18(26)10-9-15-11-14(12-24(15)21(28)29)22-20(27)19-16-7-5-6-8-17(16)25(23-19)13(2)3/h5-8,13-15H,4,9-12H2,1-3H3,(H,22,27)(H,28,29)/t14-,15+/m0/s1. The Morgan fingerprint density at radius 1 is 1.30 bits per heavy atom. The van der Waals surface area contributed by atoms with Gasteiger partial charge in [0, 0.05) is 36.5 Å². The summed E-state index contributed by atoms with van der Waals surface area (Å²) in [5.74, 6) is -0.673. The predicted molar refractivity (Wildman–Crippen MR) is 110 cm³/mol. The summed E-state index contributed by atoms with van der Waals surface area (Å²) in [5, 5.41) is 17.7. The van der Waals surface area contributed by atoms with E-state index in [1.54, 1.807) is 6.92 Å². The number of carbonyl (C=O) groups excluding carboxylic acids is 2. The Labute approximate surface area is 175 Å². The van der Waals surface area contributed by atoms with Crippen LogP contribution < -0.4 is 5.32 Å². The molecule has 0 radical (unpaired) electrons. The summed E-state index contributed by atoms with van der Waals surface area (Å²) in [6, 6.07) is 6.95. The van der Waals surface area contributed by atoms with Gasteiger partial charge in [-0.05, 0) is 39.7 Å². The van der Waals surface area contributed by atoms with Gasteiger partial charge in [0.2, 0.25) is 0 Å². The van der Waals surface area contributed by atoms with Crippen molar-refractivity contribution in [2.75, 3.05) is 13.2 Å². The summed E-state index contributed by atoms with van der Waals surface area (Å²) in [5.41, 5.74) is 1.21. The molecule has 0 aliphatic carbocycles. The first-order chi connectivity index (χ1) is 14.3. The molecule has 1 fully saturated rings. The highest BCUT2D eigenvalue weighted by molar-refractivity contribution is 6.05. The highest BCUT2D eigenvalue weighted by atomic mass is 16.5. The highest BCUT2D eigenvalue weighted by Gasteiger charge is 2.36. The summed E-state index contributed by atoms with van der Waals surface area (Å²) >= 11 is 0. The molecule has 1 aromatic carbocycles. The van der Waals surface area contributed by atoms with Crippen LogP contribution >= 0.6 is 0 Å². The Morgan fingerprint density at radius 2 is 2.03 bits per heavy atom. The molecule has 1 aliphatic rings. The number of hydrogen-bond donors (Lipinski definition) is 2. The molecule has 2 amide bonds. The third-order valence-electron chi connectivity index (χ3n) is 5.30. The number of carboxylic acid groups (broad SMARTS) is 1. The number of rotatable bonds is 7. The predicted octanol–water partition coefficient (Wildman–Crippen LogP) is 2.81. The maximum atomic E-state index is 13.0. The fourth-order valence-electron chi connectivity index (χ4n) is 3.95. The number of fused-ring (bicyclic) bond motifs is 1. The van der Waals surface area contributed by atoms with Gasteiger partial charge in [0.1, 0.15) is 0 Å². The SMILES string of the molecule is CCOC(=O)CC[C@@H]1C[C@H](NC(=O)c2nn(C(C)C)c3ccccc23)CN1C(=O)O. The van der Waals surface area contributed by atoms with Crippen LogP contribution in [0.15, 0.2) is 24.3 Å². The van der Waals surface area contributed by atoms with Gasteiger partial charge < -0.3 is 20.1 Å². The number of esters is 1. The van der Waals surface area contributed by atoms with Gasteiger partial charge in [-0.3, -0.25) is 14.3 Å². The zero-order chi connectivity index (χ0) is 21.8. The second-order valence-electron chi connectivity index (χ2n) is 7.74. The van der Waals surface area contributed by atoms with Crippen LogP contribution in [0.5, 0.6) is 0 Å². The van der Waals surface area contributed by atoms with Crippen molar-refractivity contribution in [2.24, 2.45) is 0 Å². The van der Waals surface area contributed by atoms with Gasteiger partial charge in [-0.25, -0.2) is 4.79 Å². The highest BCUT2D eigenvalue weighted by Crippen LogP contribution is 2.25. The minimum absolute atomic E-state index is 0.0951. The number of nitrogens with one attached hydrogen (secondary N) is 1. The van der Waals surface area contributed by atoms with Crippen LogP contribution in [0, 0.1) is 0 Å². The molecule has 9 heteroatoms. The van der Waals surface area contributed by atoms with Crippen LogP contribution in [0.25, 0.3) is 10.9 Å². The van der Waals surface area contributed by atoms with E-state index in [2.05, 4.69) is 10.4 Å². The molecule has 162 valence electrons. The van der Waals surface area contributed by atoms with Gasteiger partial charge in [-0.2, -0.15) is 5.10 Å². The van der Waals surface area contributed by atoms with E-state index in [-0.39, 0.29) is 43.0 Å². The number of aromatic nitrogens is 2. The van der Waals surface area contributed by atoms with Gasteiger partial charge in [-0.15, -0.1) is 0 Å². The van der Waals surface area contributed by atoms with E-state index in [1.807, 2.05) is 42.8 Å². The van der Waals surface area contributed by atoms with Crippen molar-refractivity contribution in [3.05, 3.63) is 30.0 Å². The molecular formula is C21H28N4O5. The molecule has 2 atom stereocenters. The molecule has 9 nitrogen and oxygen atoms in total. The van der Waals surface area contributed by atoms with E-state index < -0.39 is 6.09 Å². The second kappa shape index (κ2) is 9.15. The maximum absolute atomic E-state index is 13.0. The van der Waals surface area contributed by atoms with E-state index in [0.29, 0.717) is 25.1 Å². The van der Waals surface area contributed by atoms with Gasteiger partial charge in [0.05, 0.1) is 12.1 Å². The molecule has 0 saturated carbocycles. The summed E-state index contributed by atoms with van der Waals surface area (Å²) < 4.78 is 6.73. The average Bonchev–Trinajstić information content (AvgIpc) is 3.28. The molecule has 0 unspecified atom stereocenters. The normalized spacial score (nSPS) is 18.7. The molecule has 1 saturated heterocycles. The topological polar surface area (TPSA) is 114 Å². The summed E-state index contributed by atoms with van der Waals surface area (Å²) in [4.78, 5) is 37.5. The Bertz CT molecular complexity index is 939. The Morgan fingerprint density at radius 3 is 2.70 bits per heavy atom. The summed E-state index contributed by atoms with van der Waals surface area (Å²) in [6.45, 7) is 6.19. The molecule has 2 heterocycles. The van der Waals surface area contributed by atoms with Gasteiger partial charge in [-0.1, -0.05) is 18.2 Å². The van der Waals surface area contributed by atoms with Crippen molar-refractivity contribution in [2.45, 2.75) is 58.2 Å². The Hall–Kier alpha value is -3.10. The number of nitrogens with zero attached hydrogens (tertiary/aromatic N) is 3. The first kappa shape index (κ1) is 21.6. The van der Waals surface area contributed by atoms with E-state index in [0.717, 1.165) is 10.9 Å². The first-order valence-electron chi connectivity index (χ1n) is 10.2. The molecule has 2 N–H and O–H groups in total. The van der Waals surface area contributed by atoms with Gasteiger partial charge in [0.15, 0.2) is 5.69 Å². The van der Waals surface area contributed by atoms with Crippen LogP contribution in [0.3, 0.4) is 0 Å². The summed E-state index contributed by atoms with van der Waals surface area (Å²) in [6.07, 6.45) is -0.107. The molecule has 1 aromatic heterocycles. The van der Waals surface area contributed by atoms with Crippen LogP contribution in [0.4, 0.5) is 4.79 Å². The Balaban J connectivity index is 1.72. The third kappa shape index (κ3) is 4.55. The third-order valence-corrected chi connectivity index (χ3v) is 5.30. The van der Waals surface area contributed by atoms with Gasteiger partial charge in [0.25, 0.3) is 5.91 Å². The fraction of sp³-hybridized carbons (Fsp3) is 0.524. The number of amides is 2. The monoisotopic (exact) mass is 416 g/mol. The van der Waals surface area contributed by atoms with Gasteiger partial charge >= 0.3 is 12.1 Å². The quantitative estimate of drug-likeness (QED) is 0.671. The number of benzene rings is 1. The van der Waals surface area contributed by atoms with E-state index >= 15 is 0 Å². The zero-order valence-electron chi connectivity index (χ0n) is 17.5. The average molecular weight is 416 g/mol. The largest absolute Gasteiger partial charge is 0.466 e. The fourth-order valence-corrected chi connectivity index (χ4v) is 3.95. The van der Waals surface area contributed by atoms with Crippen LogP contribution in [-0.2, 0) is 9.53 Å². The number of hydrogen-bond acceptors (Lipinski definition) is 5. The lowest BCUT2D eigenvalue weighted by Gasteiger charge is -2.20. The van der Waals surface area contributed by atoms with Crippen LogP contribution in [-0.4, -0.2) is 63.0 Å². The molecule has 2 aromatic rings. The van der Waals surface area contributed by atoms with Crippen molar-refractivity contribution >= 4 is 28.9 Å². The second-order valence-corrected chi connectivity index (χ2v) is 7.74. The van der Waals surface area contributed by atoms with Crippen molar-refractivity contribution in [3.8, 4) is 0 Å². The Kier molecular flexibility index (Phi) is 6.59. The number of para-hydroxylation sites is 1. The molecule has 0 bridgehead atoms. The van der Waals surface area contributed by atoms with Crippen LogP contribution in [0.1, 0.15) is 56.6 Å². The molecule has 3 rings (SSSR count). The lowest BCUT2D eigenvalue weighted by Crippen LogP contribution is -2.39. The lowest BCUT2D eigenvalue weighted by atomic mass is 10.1. The molecule has 0 spiro atoms. The van der Waals surface area contributed by atoms with E-state index in [1.165, 1.54) is 4.90 Å². The minimum atomic E-state index is -1.06. The van der Waals surface area contributed by atoms with E-state index in [4.69, 9.17) is 4.74 Å². The van der Waals surface area contributed by atoms with Crippen molar-refractivity contribution < 1.29 is 24.2 Å². The van der Waals surface area contributed by atoms with Crippen molar-refractivity contribution in [1.82, 2.24) is 20.0 Å². The summed E-state index contributed by atoms with van der Waals surface area (Å²) in [7, 11) is 0. The lowest BCUT2D eigenvalue weighted by molar-refractivity contribution is -0.143. The molecular weight excluding hydrogens is 388 g/mol. The molecule has 1 aliphatic heterocycles. The van der Waals surface area contributed by atoms with E-state index in [9.17, 15) is 19.5 Å². The number of likely N-dealkylation sites (tertiary alicyclic amines) is 1.